The van der Waals surface area contributed by atoms with Crippen molar-refractivity contribution in [2.24, 2.45) is 5.92 Å². The van der Waals surface area contributed by atoms with Crippen molar-refractivity contribution >= 4 is 22.8 Å². The summed E-state index contributed by atoms with van der Waals surface area (Å²) in [6, 6.07) is 0.501. The average molecular weight is 274 g/mol. The maximum absolute atomic E-state index is 4.71. The van der Waals surface area contributed by atoms with Crippen molar-refractivity contribution in [3.8, 4) is 0 Å². The van der Waals surface area contributed by atoms with Crippen molar-refractivity contribution in [2.45, 2.75) is 39.7 Å². The molecule has 2 unspecified atom stereocenters. The van der Waals surface area contributed by atoms with Crippen LogP contribution in [-0.4, -0.2) is 39.3 Å². The van der Waals surface area contributed by atoms with Gasteiger partial charge in [0.15, 0.2) is 5.65 Å². The summed E-state index contributed by atoms with van der Waals surface area (Å²) in [6.45, 7) is 8.50. The summed E-state index contributed by atoms with van der Waals surface area (Å²) in [7, 11) is 0. The highest BCUT2D eigenvalue weighted by molar-refractivity contribution is 5.87. The van der Waals surface area contributed by atoms with Crippen LogP contribution in [0.25, 0.3) is 11.0 Å². The molecule has 2 aromatic rings. The highest BCUT2D eigenvalue weighted by Crippen LogP contribution is 2.31. The molecule has 1 fully saturated rings. The van der Waals surface area contributed by atoms with Crippen LogP contribution in [0.5, 0.6) is 0 Å². The molecule has 6 heteroatoms. The van der Waals surface area contributed by atoms with E-state index < -0.39 is 0 Å². The molecule has 0 aliphatic carbocycles. The second-order valence-corrected chi connectivity index (χ2v) is 5.71. The molecule has 2 N–H and O–H groups in total. The summed E-state index contributed by atoms with van der Waals surface area (Å²) in [6.07, 6.45) is 4.25. The van der Waals surface area contributed by atoms with Gasteiger partial charge in [-0.1, -0.05) is 6.92 Å². The van der Waals surface area contributed by atoms with Gasteiger partial charge in [0.1, 0.15) is 5.82 Å². The van der Waals surface area contributed by atoms with Crippen LogP contribution in [0, 0.1) is 5.92 Å². The van der Waals surface area contributed by atoms with Gasteiger partial charge in [-0.25, -0.2) is 0 Å². The van der Waals surface area contributed by atoms with Crippen LogP contribution in [-0.2, 0) is 0 Å². The SMILES string of the molecule is CCNc1nc(N2CCC(C)CC2C)c2cn[nH]c2n1. The van der Waals surface area contributed by atoms with E-state index in [9.17, 15) is 0 Å². The van der Waals surface area contributed by atoms with E-state index in [1.54, 1.807) is 0 Å². The molecule has 3 heterocycles. The fourth-order valence-corrected chi connectivity index (χ4v) is 3.00. The number of nitrogens with one attached hydrogen (secondary N) is 2. The van der Waals surface area contributed by atoms with Crippen molar-refractivity contribution in [2.75, 3.05) is 23.3 Å². The second kappa shape index (κ2) is 5.26. The van der Waals surface area contributed by atoms with Crippen molar-refractivity contribution in [1.82, 2.24) is 20.2 Å². The molecule has 0 aromatic carbocycles. The summed E-state index contributed by atoms with van der Waals surface area (Å²) in [5, 5.41) is 11.3. The Morgan fingerprint density at radius 3 is 3.00 bits per heavy atom. The molecular weight excluding hydrogens is 252 g/mol. The van der Waals surface area contributed by atoms with E-state index in [0.29, 0.717) is 12.0 Å². The molecule has 3 rings (SSSR count). The first-order valence-electron chi connectivity index (χ1n) is 7.40. The standard InChI is InChI=1S/C14H22N6/c1-4-15-14-17-12-11(8-16-19-12)13(18-14)20-6-5-9(2)7-10(20)3/h8-10H,4-7H2,1-3H3,(H2,15,16,17,18,19). The van der Waals surface area contributed by atoms with Crippen molar-refractivity contribution in [3.05, 3.63) is 6.20 Å². The Kier molecular flexibility index (Phi) is 3.46. The number of H-pyrrole nitrogens is 1. The predicted molar refractivity (Wildman–Crippen MR) is 81.1 cm³/mol. The first-order valence-corrected chi connectivity index (χ1v) is 7.40. The smallest absolute Gasteiger partial charge is 0.226 e. The highest BCUT2D eigenvalue weighted by atomic mass is 15.3. The predicted octanol–water partition coefficient (Wildman–Crippen LogP) is 2.41. The Labute approximate surface area is 119 Å². The van der Waals surface area contributed by atoms with Crippen molar-refractivity contribution in [3.63, 3.8) is 0 Å². The molecule has 2 aromatic heterocycles. The van der Waals surface area contributed by atoms with Gasteiger partial charge >= 0.3 is 0 Å². The van der Waals surface area contributed by atoms with Crippen LogP contribution in [0.15, 0.2) is 6.20 Å². The Balaban J connectivity index is 2.02. The largest absolute Gasteiger partial charge is 0.354 e. The van der Waals surface area contributed by atoms with Gasteiger partial charge in [0.05, 0.1) is 11.6 Å². The molecule has 108 valence electrons. The van der Waals surface area contributed by atoms with Crippen LogP contribution in [0.2, 0.25) is 0 Å². The Morgan fingerprint density at radius 1 is 1.40 bits per heavy atom. The molecule has 1 aliphatic heterocycles. The topological polar surface area (TPSA) is 69.7 Å². The average Bonchev–Trinajstić information content (AvgIpc) is 2.86. The van der Waals surface area contributed by atoms with Gasteiger partial charge in [-0.2, -0.15) is 15.1 Å². The van der Waals surface area contributed by atoms with E-state index in [1.165, 1.54) is 12.8 Å². The summed E-state index contributed by atoms with van der Waals surface area (Å²) >= 11 is 0. The van der Waals surface area contributed by atoms with Gasteiger partial charge in [0.25, 0.3) is 0 Å². The Morgan fingerprint density at radius 2 is 2.25 bits per heavy atom. The number of hydrogen-bond acceptors (Lipinski definition) is 5. The van der Waals surface area contributed by atoms with Crippen LogP contribution in [0.1, 0.15) is 33.6 Å². The van der Waals surface area contributed by atoms with Gasteiger partial charge in [-0.3, -0.25) is 5.10 Å². The quantitative estimate of drug-likeness (QED) is 0.899. The van der Waals surface area contributed by atoms with E-state index in [2.05, 4.69) is 39.2 Å². The van der Waals surface area contributed by atoms with Gasteiger partial charge in [0, 0.05) is 19.1 Å². The molecular formula is C14H22N6. The molecule has 20 heavy (non-hydrogen) atoms. The molecule has 0 saturated carbocycles. The van der Waals surface area contributed by atoms with E-state index in [-0.39, 0.29) is 0 Å². The highest BCUT2D eigenvalue weighted by Gasteiger charge is 2.26. The molecule has 2 atom stereocenters. The number of anilines is 2. The zero-order chi connectivity index (χ0) is 14.1. The van der Waals surface area contributed by atoms with Crippen molar-refractivity contribution < 1.29 is 0 Å². The molecule has 1 aliphatic rings. The van der Waals surface area contributed by atoms with Crippen LogP contribution >= 0.6 is 0 Å². The number of aromatic nitrogens is 4. The minimum atomic E-state index is 0.501. The molecule has 6 nitrogen and oxygen atoms in total. The Hall–Kier alpha value is -1.85. The maximum atomic E-state index is 4.71. The minimum Gasteiger partial charge on any atom is -0.354 e. The molecule has 0 spiro atoms. The number of nitrogens with zero attached hydrogens (tertiary/aromatic N) is 4. The lowest BCUT2D eigenvalue weighted by Gasteiger charge is -2.37. The third-order valence-electron chi connectivity index (χ3n) is 4.03. The molecule has 0 radical (unpaired) electrons. The first-order chi connectivity index (χ1) is 9.69. The first kappa shape index (κ1) is 13.1. The lowest BCUT2D eigenvalue weighted by molar-refractivity contribution is 0.376. The van der Waals surface area contributed by atoms with E-state index in [4.69, 9.17) is 4.98 Å². The number of hydrogen-bond donors (Lipinski definition) is 2. The summed E-state index contributed by atoms with van der Waals surface area (Å²) in [4.78, 5) is 11.5. The molecule has 0 bridgehead atoms. The summed E-state index contributed by atoms with van der Waals surface area (Å²) in [5.41, 5.74) is 0.803. The van der Waals surface area contributed by atoms with Gasteiger partial charge in [0.2, 0.25) is 5.95 Å². The Bertz CT molecular complexity index is 592. The third-order valence-corrected chi connectivity index (χ3v) is 4.03. The molecule has 1 saturated heterocycles. The van der Waals surface area contributed by atoms with Crippen molar-refractivity contribution in [1.29, 1.82) is 0 Å². The fraction of sp³-hybridized carbons (Fsp3) is 0.643. The van der Waals surface area contributed by atoms with Crippen LogP contribution < -0.4 is 10.2 Å². The fourth-order valence-electron chi connectivity index (χ4n) is 3.00. The molecule has 0 amide bonds. The summed E-state index contributed by atoms with van der Waals surface area (Å²) < 4.78 is 0. The van der Waals surface area contributed by atoms with E-state index in [1.807, 2.05) is 13.1 Å². The third kappa shape index (κ3) is 2.30. The zero-order valence-corrected chi connectivity index (χ0v) is 12.3. The number of rotatable bonds is 3. The second-order valence-electron chi connectivity index (χ2n) is 5.71. The number of piperidine rings is 1. The zero-order valence-electron chi connectivity index (χ0n) is 12.3. The van der Waals surface area contributed by atoms with Crippen LogP contribution in [0.4, 0.5) is 11.8 Å². The maximum Gasteiger partial charge on any atom is 0.226 e. The lowest BCUT2D eigenvalue weighted by Crippen LogP contribution is -2.41. The van der Waals surface area contributed by atoms with E-state index in [0.717, 1.165) is 35.9 Å². The van der Waals surface area contributed by atoms with Gasteiger partial charge < -0.3 is 10.2 Å². The lowest BCUT2D eigenvalue weighted by atomic mass is 9.93. The van der Waals surface area contributed by atoms with Crippen LogP contribution in [0.3, 0.4) is 0 Å². The number of fused-ring (bicyclic) bond motifs is 1. The number of aromatic amines is 1. The monoisotopic (exact) mass is 274 g/mol. The normalized spacial score (nSPS) is 23.2. The minimum absolute atomic E-state index is 0.501. The van der Waals surface area contributed by atoms with Gasteiger partial charge in [-0.15, -0.1) is 0 Å². The van der Waals surface area contributed by atoms with E-state index >= 15 is 0 Å². The summed E-state index contributed by atoms with van der Waals surface area (Å²) in [5.74, 6) is 2.46. The van der Waals surface area contributed by atoms with Gasteiger partial charge in [-0.05, 0) is 32.6 Å².